The first kappa shape index (κ1) is 13.6. The molecular formula is C13H19N3O3. The number of hydrogen-bond donors (Lipinski definition) is 1. The van der Waals surface area contributed by atoms with Crippen molar-refractivity contribution in [1.82, 2.24) is 14.7 Å². The minimum atomic E-state index is -0.921. The molecule has 1 aliphatic rings. The number of carboxylic acid groups (broad SMARTS) is 1. The highest BCUT2D eigenvalue weighted by Crippen LogP contribution is 2.21. The Balaban J connectivity index is 2.28. The SMILES string of the molecule is CCc1nn(C)cc1C(=O)N1CCCCC1C(=O)O. The van der Waals surface area contributed by atoms with Crippen molar-refractivity contribution >= 4 is 11.9 Å². The van der Waals surface area contributed by atoms with E-state index < -0.39 is 12.0 Å². The van der Waals surface area contributed by atoms with Crippen LogP contribution in [-0.4, -0.2) is 44.3 Å². The van der Waals surface area contributed by atoms with Crippen LogP contribution >= 0.6 is 0 Å². The summed E-state index contributed by atoms with van der Waals surface area (Å²) < 4.78 is 1.60. The normalized spacial score (nSPS) is 19.5. The lowest BCUT2D eigenvalue weighted by Gasteiger charge is -2.32. The molecule has 0 spiro atoms. The van der Waals surface area contributed by atoms with Crippen molar-refractivity contribution in [3.63, 3.8) is 0 Å². The van der Waals surface area contributed by atoms with Gasteiger partial charge >= 0.3 is 5.97 Å². The number of aryl methyl sites for hydroxylation is 2. The van der Waals surface area contributed by atoms with Crippen molar-refractivity contribution in [2.45, 2.75) is 38.6 Å². The number of carbonyl (C=O) groups excluding carboxylic acids is 1. The Morgan fingerprint density at radius 1 is 1.47 bits per heavy atom. The van der Waals surface area contributed by atoms with E-state index in [2.05, 4.69) is 5.10 Å². The Bertz CT molecular complexity index is 495. The summed E-state index contributed by atoms with van der Waals surface area (Å²) in [6, 6.07) is -0.703. The Kier molecular flexibility index (Phi) is 3.87. The fourth-order valence-corrected chi connectivity index (χ4v) is 2.56. The molecule has 1 aliphatic heterocycles. The van der Waals surface area contributed by atoms with Gasteiger partial charge in [0.15, 0.2) is 0 Å². The summed E-state index contributed by atoms with van der Waals surface area (Å²) >= 11 is 0. The first-order valence-corrected chi connectivity index (χ1v) is 6.61. The number of piperidine rings is 1. The van der Waals surface area contributed by atoms with Gasteiger partial charge in [-0.15, -0.1) is 0 Å². The molecule has 1 N–H and O–H groups in total. The number of aliphatic carboxylic acids is 1. The lowest BCUT2D eigenvalue weighted by atomic mass is 10.0. The van der Waals surface area contributed by atoms with Crippen LogP contribution in [0.2, 0.25) is 0 Å². The molecular weight excluding hydrogens is 246 g/mol. The fraction of sp³-hybridized carbons (Fsp3) is 0.615. The van der Waals surface area contributed by atoms with Gasteiger partial charge in [0.05, 0.1) is 11.3 Å². The lowest BCUT2D eigenvalue weighted by molar-refractivity contribution is -0.143. The largest absolute Gasteiger partial charge is 0.480 e. The quantitative estimate of drug-likeness (QED) is 0.886. The van der Waals surface area contributed by atoms with Crippen molar-refractivity contribution in [2.24, 2.45) is 7.05 Å². The third-order valence-corrected chi connectivity index (χ3v) is 3.52. The minimum absolute atomic E-state index is 0.211. The average Bonchev–Trinajstić information content (AvgIpc) is 2.79. The number of rotatable bonds is 3. The maximum absolute atomic E-state index is 12.5. The maximum Gasteiger partial charge on any atom is 0.326 e. The number of carboxylic acids is 1. The predicted octanol–water partition coefficient (Wildman–Crippen LogP) is 1.06. The number of hydrogen-bond acceptors (Lipinski definition) is 3. The van der Waals surface area contributed by atoms with Crippen LogP contribution in [0.5, 0.6) is 0 Å². The molecule has 104 valence electrons. The van der Waals surface area contributed by atoms with E-state index in [1.165, 1.54) is 4.90 Å². The fourth-order valence-electron chi connectivity index (χ4n) is 2.56. The van der Waals surface area contributed by atoms with Crippen molar-refractivity contribution in [3.05, 3.63) is 17.5 Å². The molecule has 0 saturated carbocycles. The smallest absolute Gasteiger partial charge is 0.326 e. The average molecular weight is 265 g/mol. The van der Waals surface area contributed by atoms with E-state index in [1.807, 2.05) is 6.92 Å². The molecule has 0 aliphatic carbocycles. The molecule has 2 rings (SSSR count). The van der Waals surface area contributed by atoms with Gasteiger partial charge in [0.1, 0.15) is 6.04 Å². The zero-order chi connectivity index (χ0) is 14.0. The van der Waals surface area contributed by atoms with E-state index in [0.29, 0.717) is 24.9 Å². The van der Waals surface area contributed by atoms with E-state index in [9.17, 15) is 14.7 Å². The Labute approximate surface area is 112 Å². The summed E-state index contributed by atoms with van der Waals surface area (Å²) in [5, 5.41) is 13.5. The van der Waals surface area contributed by atoms with Gasteiger partial charge in [-0.1, -0.05) is 6.92 Å². The van der Waals surface area contributed by atoms with Gasteiger partial charge < -0.3 is 10.0 Å². The highest BCUT2D eigenvalue weighted by atomic mass is 16.4. The molecule has 1 aromatic heterocycles. The molecule has 0 bridgehead atoms. The van der Waals surface area contributed by atoms with Crippen LogP contribution < -0.4 is 0 Å². The Morgan fingerprint density at radius 3 is 2.84 bits per heavy atom. The van der Waals surface area contributed by atoms with Gasteiger partial charge in [-0.05, 0) is 25.7 Å². The van der Waals surface area contributed by atoms with Crippen LogP contribution in [0.1, 0.15) is 42.2 Å². The summed E-state index contributed by atoms with van der Waals surface area (Å²) in [5.74, 6) is -1.13. The van der Waals surface area contributed by atoms with Gasteiger partial charge in [-0.25, -0.2) is 4.79 Å². The van der Waals surface area contributed by atoms with Crippen LogP contribution in [-0.2, 0) is 18.3 Å². The number of likely N-dealkylation sites (tertiary alicyclic amines) is 1. The van der Waals surface area contributed by atoms with Gasteiger partial charge in [0.2, 0.25) is 0 Å². The molecule has 0 radical (unpaired) electrons. The van der Waals surface area contributed by atoms with E-state index >= 15 is 0 Å². The van der Waals surface area contributed by atoms with Gasteiger partial charge in [0.25, 0.3) is 5.91 Å². The number of carbonyl (C=O) groups is 2. The number of amides is 1. The molecule has 6 nitrogen and oxygen atoms in total. The van der Waals surface area contributed by atoms with Crippen molar-refractivity contribution in [2.75, 3.05) is 6.54 Å². The van der Waals surface area contributed by atoms with Crippen molar-refractivity contribution in [3.8, 4) is 0 Å². The third-order valence-electron chi connectivity index (χ3n) is 3.52. The lowest BCUT2D eigenvalue weighted by Crippen LogP contribution is -2.48. The molecule has 19 heavy (non-hydrogen) atoms. The Morgan fingerprint density at radius 2 is 2.21 bits per heavy atom. The Hall–Kier alpha value is -1.85. The highest BCUT2D eigenvalue weighted by Gasteiger charge is 2.33. The molecule has 1 amide bonds. The number of nitrogens with zero attached hydrogens (tertiary/aromatic N) is 3. The van der Waals surface area contributed by atoms with E-state index in [0.717, 1.165) is 18.5 Å². The summed E-state index contributed by atoms with van der Waals surface area (Å²) in [4.78, 5) is 25.2. The van der Waals surface area contributed by atoms with Gasteiger partial charge in [0, 0.05) is 19.8 Å². The summed E-state index contributed by atoms with van der Waals surface area (Å²) in [5.41, 5.74) is 1.25. The summed E-state index contributed by atoms with van der Waals surface area (Å²) in [7, 11) is 1.76. The molecule has 0 aromatic carbocycles. The topological polar surface area (TPSA) is 75.4 Å². The second-order valence-electron chi connectivity index (χ2n) is 4.87. The summed E-state index contributed by atoms with van der Waals surface area (Å²) in [6.45, 7) is 2.44. The molecule has 1 saturated heterocycles. The second-order valence-corrected chi connectivity index (χ2v) is 4.87. The van der Waals surface area contributed by atoms with Crippen LogP contribution in [0, 0.1) is 0 Å². The molecule has 1 aromatic rings. The monoisotopic (exact) mass is 265 g/mol. The zero-order valence-electron chi connectivity index (χ0n) is 11.3. The second kappa shape index (κ2) is 5.42. The zero-order valence-corrected chi connectivity index (χ0v) is 11.3. The van der Waals surface area contributed by atoms with Crippen LogP contribution in [0.15, 0.2) is 6.20 Å². The third kappa shape index (κ3) is 2.62. The molecule has 6 heteroatoms. The molecule has 1 unspecified atom stereocenters. The van der Waals surface area contributed by atoms with E-state index in [1.54, 1.807) is 17.9 Å². The molecule has 2 heterocycles. The van der Waals surface area contributed by atoms with E-state index in [4.69, 9.17) is 0 Å². The van der Waals surface area contributed by atoms with Gasteiger partial charge in [-0.3, -0.25) is 9.48 Å². The van der Waals surface area contributed by atoms with Crippen molar-refractivity contribution in [1.29, 1.82) is 0 Å². The van der Waals surface area contributed by atoms with Crippen molar-refractivity contribution < 1.29 is 14.7 Å². The van der Waals surface area contributed by atoms with Crippen LogP contribution in [0.4, 0.5) is 0 Å². The van der Waals surface area contributed by atoms with E-state index in [-0.39, 0.29) is 5.91 Å². The van der Waals surface area contributed by atoms with Gasteiger partial charge in [-0.2, -0.15) is 5.10 Å². The van der Waals surface area contributed by atoms with Crippen LogP contribution in [0.25, 0.3) is 0 Å². The molecule has 1 atom stereocenters. The first-order chi connectivity index (χ1) is 9.04. The van der Waals surface area contributed by atoms with Crippen LogP contribution in [0.3, 0.4) is 0 Å². The standard InChI is InChI=1S/C13H19N3O3/c1-3-10-9(8-15(2)14-10)12(17)16-7-5-4-6-11(16)13(18)19/h8,11H,3-7H2,1-2H3,(H,18,19). The predicted molar refractivity (Wildman–Crippen MR) is 68.9 cm³/mol. The minimum Gasteiger partial charge on any atom is -0.480 e. The summed E-state index contributed by atoms with van der Waals surface area (Å²) in [6.07, 6.45) is 4.58. The highest BCUT2D eigenvalue weighted by molar-refractivity contribution is 5.97. The molecule has 1 fully saturated rings. The first-order valence-electron chi connectivity index (χ1n) is 6.61. The number of aromatic nitrogens is 2. The maximum atomic E-state index is 12.5.